The summed E-state index contributed by atoms with van der Waals surface area (Å²) in [6.45, 7) is 1.92. The quantitative estimate of drug-likeness (QED) is 0.509. The lowest BCUT2D eigenvalue weighted by molar-refractivity contribution is 0.0600. The van der Waals surface area contributed by atoms with Crippen LogP contribution in [0.4, 0.5) is 5.69 Å². The Kier molecular flexibility index (Phi) is 5.17. The number of carbonyl (C=O) groups is 1. The number of carbonyl (C=O) groups excluding carboxylic acids is 1. The van der Waals surface area contributed by atoms with Gasteiger partial charge in [-0.25, -0.2) is 4.79 Å². The summed E-state index contributed by atoms with van der Waals surface area (Å²) >= 11 is 0. The number of aliphatic imine (C=N–C) groups is 1. The van der Waals surface area contributed by atoms with Gasteiger partial charge in [0.05, 0.1) is 25.5 Å². The first kappa shape index (κ1) is 17.5. The minimum absolute atomic E-state index is 0.347. The summed E-state index contributed by atoms with van der Waals surface area (Å²) in [6.07, 6.45) is 5.79. The van der Waals surface area contributed by atoms with Crippen molar-refractivity contribution in [3.8, 4) is 11.4 Å². The molecule has 1 aromatic heterocycles. The lowest BCUT2D eigenvalue weighted by atomic mass is 10.1. The Bertz CT molecular complexity index is 940. The Morgan fingerprint density at radius 1 is 1.08 bits per heavy atom. The first-order chi connectivity index (χ1) is 12.6. The third-order valence-corrected chi connectivity index (χ3v) is 4.06. The van der Waals surface area contributed by atoms with Crippen molar-refractivity contribution in [2.45, 2.75) is 6.92 Å². The number of hydrogen-bond donors (Lipinski definition) is 0. The number of esters is 1. The molecule has 5 heteroatoms. The standard InChI is InChI=1S/C21H20N2O3/c1-15-12-17(21(24)26-3)4-9-20(15)22-13-16-10-11-23(14-16)18-5-7-19(25-2)8-6-18/h4-14H,1-3H3. The van der Waals surface area contributed by atoms with Crippen molar-refractivity contribution in [1.29, 1.82) is 0 Å². The summed E-state index contributed by atoms with van der Waals surface area (Å²) in [5, 5.41) is 0. The van der Waals surface area contributed by atoms with Crippen LogP contribution in [0, 0.1) is 6.92 Å². The summed E-state index contributed by atoms with van der Waals surface area (Å²) in [6, 6.07) is 15.1. The van der Waals surface area contributed by atoms with Gasteiger partial charge in [0.2, 0.25) is 0 Å². The van der Waals surface area contributed by atoms with E-state index in [4.69, 9.17) is 9.47 Å². The molecule has 0 amide bonds. The highest BCUT2D eigenvalue weighted by atomic mass is 16.5. The maximum Gasteiger partial charge on any atom is 0.337 e. The Morgan fingerprint density at radius 3 is 2.50 bits per heavy atom. The first-order valence-corrected chi connectivity index (χ1v) is 8.16. The molecule has 3 aromatic rings. The predicted molar refractivity (Wildman–Crippen MR) is 102 cm³/mol. The van der Waals surface area contributed by atoms with Crippen LogP contribution in [-0.2, 0) is 4.74 Å². The van der Waals surface area contributed by atoms with Crippen LogP contribution in [0.1, 0.15) is 21.5 Å². The molecular formula is C21H20N2O3. The molecule has 0 spiro atoms. The molecule has 0 N–H and O–H groups in total. The van der Waals surface area contributed by atoms with Crippen molar-refractivity contribution in [2.24, 2.45) is 4.99 Å². The summed E-state index contributed by atoms with van der Waals surface area (Å²) in [4.78, 5) is 16.1. The first-order valence-electron chi connectivity index (χ1n) is 8.16. The third-order valence-electron chi connectivity index (χ3n) is 4.06. The molecule has 0 aliphatic rings. The van der Waals surface area contributed by atoms with Gasteiger partial charge in [-0.3, -0.25) is 4.99 Å². The number of nitrogens with zero attached hydrogens (tertiary/aromatic N) is 2. The average Bonchev–Trinajstić information content (AvgIpc) is 3.15. The molecule has 0 bridgehead atoms. The van der Waals surface area contributed by atoms with Crippen LogP contribution in [0.25, 0.3) is 5.69 Å². The molecule has 0 saturated heterocycles. The van der Waals surface area contributed by atoms with Crippen molar-refractivity contribution < 1.29 is 14.3 Å². The van der Waals surface area contributed by atoms with Gasteiger partial charge in [0.25, 0.3) is 0 Å². The zero-order valence-electron chi connectivity index (χ0n) is 15.0. The van der Waals surface area contributed by atoms with Crippen LogP contribution in [0.15, 0.2) is 65.9 Å². The van der Waals surface area contributed by atoms with E-state index in [2.05, 4.69) is 4.99 Å². The van der Waals surface area contributed by atoms with Gasteiger partial charge in [0, 0.05) is 29.9 Å². The van der Waals surface area contributed by atoms with Crippen molar-refractivity contribution in [3.05, 3.63) is 77.6 Å². The highest BCUT2D eigenvalue weighted by Crippen LogP contribution is 2.21. The number of aromatic nitrogens is 1. The minimum atomic E-state index is -0.347. The average molecular weight is 348 g/mol. The number of aryl methyl sites for hydroxylation is 1. The van der Waals surface area contributed by atoms with Crippen molar-refractivity contribution in [2.75, 3.05) is 14.2 Å². The molecule has 0 unspecified atom stereocenters. The predicted octanol–water partition coefficient (Wildman–Crippen LogP) is 4.33. The molecule has 2 aromatic carbocycles. The lowest BCUT2D eigenvalue weighted by Gasteiger charge is -2.04. The minimum Gasteiger partial charge on any atom is -0.497 e. The molecule has 26 heavy (non-hydrogen) atoms. The van der Waals surface area contributed by atoms with E-state index in [-0.39, 0.29) is 5.97 Å². The molecular weight excluding hydrogens is 328 g/mol. The van der Waals surface area contributed by atoms with E-state index in [0.29, 0.717) is 5.56 Å². The van der Waals surface area contributed by atoms with Crippen LogP contribution in [0.2, 0.25) is 0 Å². The Morgan fingerprint density at radius 2 is 1.85 bits per heavy atom. The molecule has 1 heterocycles. The van der Waals surface area contributed by atoms with Crippen LogP contribution >= 0.6 is 0 Å². The van der Waals surface area contributed by atoms with Gasteiger partial charge in [-0.2, -0.15) is 0 Å². The Labute approximate surface area is 152 Å². The van der Waals surface area contributed by atoms with Gasteiger partial charge in [0.1, 0.15) is 5.75 Å². The normalized spacial score (nSPS) is 10.9. The fourth-order valence-corrected chi connectivity index (χ4v) is 2.59. The Balaban J connectivity index is 1.77. The van der Waals surface area contributed by atoms with Gasteiger partial charge in [-0.15, -0.1) is 0 Å². The zero-order chi connectivity index (χ0) is 18.5. The molecule has 0 radical (unpaired) electrons. The van der Waals surface area contributed by atoms with E-state index in [9.17, 15) is 4.79 Å². The molecule has 0 fully saturated rings. The van der Waals surface area contributed by atoms with Gasteiger partial charge < -0.3 is 14.0 Å². The Hall–Kier alpha value is -3.34. The van der Waals surface area contributed by atoms with Crippen LogP contribution in [-0.4, -0.2) is 31.0 Å². The number of ether oxygens (including phenoxy) is 2. The second-order valence-corrected chi connectivity index (χ2v) is 5.80. The maximum atomic E-state index is 11.6. The topological polar surface area (TPSA) is 52.8 Å². The van der Waals surface area contributed by atoms with Gasteiger partial charge in [-0.05, 0) is 61.0 Å². The van der Waals surface area contributed by atoms with Gasteiger partial charge >= 0.3 is 5.97 Å². The van der Waals surface area contributed by atoms with E-state index in [0.717, 1.165) is 28.3 Å². The number of methoxy groups -OCH3 is 2. The van der Waals surface area contributed by atoms with E-state index < -0.39 is 0 Å². The van der Waals surface area contributed by atoms with Crippen molar-refractivity contribution in [3.63, 3.8) is 0 Å². The fraction of sp³-hybridized carbons (Fsp3) is 0.143. The van der Waals surface area contributed by atoms with Crippen molar-refractivity contribution >= 4 is 17.9 Å². The highest BCUT2D eigenvalue weighted by Gasteiger charge is 2.07. The molecule has 0 atom stereocenters. The van der Waals surface area contributed by atoms with E-state index in [1.807, 2.05) is 60.3 Å². The molecule has 0 saturated carbocycles. The van der Waals surface area contributed by atoms with E-state index in [1.54, 1.807) is 25.5 Å². The zero-order valence-corrected chi connectivity index (χ0v) is 15.0. The summed E-state index contributed by atoms with van der Waals surface area (Å²) in [7, 11) is 3.02. The third kappa shape index (κ3) is 3.83. The summed E-state index contributed by atoms with van der Waals surface area (Å²) in [5.41, 5.74) is 4.28. The SMILES string of the molecule is COC(=O)c1ccc(N=Cc2ccn(-c3ccc(OC)cc3)c2)c(C)c1. The van der Waals surface area contributed by atoms with Crippen molar-refractivity contribution in [1.82, 2.24) is 4.57 Å². The smallest absolute Gasteiger partial charge is 0.337 e. The summed E-state index contributed by atoms with van der Waals surface area (Å²) in [5.74, 6) is 0.480. The number of benzene rings is 2. The maximum absolute atomic E-state index is 11.6. The van der Waals surface area contributed by atoms with Gasteiger partial charge in [0.15, 0.2) is 0 Å². The fourth-order valence-electron chi connectivity index (χ4n) is 2.59. The lowest BCUT2D eigenvalue weighted by Crippen LogP contribution is -2.00. The largest absolute Gasteiger partial charge is 0.497 e. The molecule has 0 aliphatic carbocycles. The molecule has 3 rings (SSSR count). The van der Waals surface area contributed by atoms with E-state index >= 15 is 0 Å². The van der Waals surface area contributed by atoms with Crippen LogP contribution in [0.3, 0.4) is 0 Å². The van der Waals surface area contributed by atoms with Crippen LogP contribution in [0.5, 0.6) is 5.75 Å². The number of rotatable bonds is 5. The second-order valence-electron chi connectivity index (χ2n) is 5.80. The van der Waals surface area contributed by atoms with Crippen LogP contribution < -0.4 is 4.74 Å². The van der Waals surface area contributed by atoms with E-state index in [1.165, 1.54) is 7.11 Å². The number of hydrogen-bond acceptors (Lipinski definition) is 4. The van der Waals surface area contributed by atoms with Gasteiger partial charge in [-0.1, -0.05) is 0 Å². The molecule has 5 nitrogen and oxygen atoms in total. The molecule has 132 valence electrons. The monoisotopic (exact) mass is 348 g/mol. The molecule has 0 aliphatic heterocycles. The summed E-state index contributed by atoms with van der Waals surface area (Å²) < 4.78 is 11.9. The highest BCUT2D eigenvalue weighted by molar-refractivity contribution is 5.90. The second kappa shape index (κ2) is 7.70.